The van der Waals surface area contributed by atoms with E-state index in [0.29, 0.717) is 18.8 Å². The summed E-state index contributed by atoms with van der Waals surface area (Å²) in [6.07, 6.45) is 10.6. The van der Waals surface area contributed by atoms with Gasteiger partial charge in [-0.2, -0.15) is 0 Å². The Hall–Kier alpha value is -2.18. The molecule has 1 fully saturated rings. The van der Waals surface area contributed by atoms with Gasteiger partial charge in [0.2, 0.25) is 0 Å². The summed E-state index contributed by atoms with van der Waals surface area (Å²) in [6, 6.07) is 6.21. The number of benzene rings is 1. The van der Waals surface area contributed by atoms with Crippen LogP contribution in [0.3, 0.4) is 0 Å². The molecule has 0 unspecified atom stereocenters. The molecule has 1 aliphatic rings. The highest BCUT2D eigenvalue weighted by Crippen LogP contribution is 2.40. The summed E-state index contributed by atoms with van der Waals surface area (Å²) in [5.74, 6) is 0.177. The van der Waals surface area contributed by atoms with Gasteiger partial charge in [-0.15, -0.1) is 0 Å². The highest BCUT2D eigenvalue weighted by atomic mass is 19.1. The molecule has 0 heterocycles. The number of allylic oxidation sites excluding steroid dienone is 3. The minimum Gasteiger partial charge on any atom is -0.490 e. The number of hydrogen-bond donors (Lipinski definition) is 2. The lowest BCUT2D eigenvalue weighted by atomic mass is 9.86. The number of ether oxygens (including phenoxy) is 2. The van der Waals surface area contributed by atoms with Gasteiger partial charge in [0.15, 0.2) is 11.6 Å². The predicted octanol–water partition coefficient (Wildman–Crippen LogP) is 4.43. The van der Waals surface area contributed by atoms with E-state index in [1.807, 2.05) is 12.2 Å². The van der Waals surface area contributed by atoms with E-state index in [9.17, 15) is 19.4 Å². The third-order valence-electron chi connectivity index (χ3n) is 5.88. The molecule has 0 radical (unpaired) electrons. The number of para-hydroxylation sites is 1. The molecule has 5 atom stereocenters. The fourth-order valence-corrected chi connectivity index (χ4v) is 4.08. The van der Waals surface area contributed by atoms with Crippen molar-refractivity contribution in [3.63, 3.8) is 0 Å². The Morgan fingerprint density at radius 2 is 2.10 bits per heavy atom. The van der Waals surface area contributed by atoms with Gasteiger partial charge in [-0.3, -0.25) is 4.79 Å². The van der Waals surface area contributed by atoms with Crippen LogP contribution >= 0.6 is 0 Å². The molecule has 31 heavy (non-hydrogen) atoms. The second-order valence-corrected chi connectivity index (χ2v) is 8.22. The smallest absolute Gasteiger partial charge is 0.305 e. The number of halogens is 1. The Morgan fingerprint density at radius 1 is 1.32 bits per heavy atom. The van der Waals surface area contributed by atoms with Crippen LogP contribution in [0.4, 0.5) is 4.39 Å². The molecule has 2 rings (SSSR count). The van der Waals surface area contributed by atoms with Crippen LogP contribution in [0.15, 0.2) is 48.6 Å². The molecule has 2 N–H and O–H groups in total. The summed E-state index contributed by atoms with van der Waals surface area (Å²) in [5, 5.41) is 20.7. The molecule has 0 aromatic heterocycles. The topological polar surface area (TPSA) is 76.0 Å². The van der Waals surface area contributed by atoms with Crippen molar-refractivity contribution in [1.29, 1.82) is 0 Å². The Bertz CT molecular complexity index is 732. The lowest BCUT2D eigenvalue weighted by Crippen LogP contribution is -2.19. The van der Waals surface area contributed by atoms with Crippen LogP contribution in [-0.2, 0) is 9.53 Å². The quantitative estimate of drug-likeness (QED) is 0.289. The third-order valence-corrected chi connectivity index (χ3v) is 5.88. The molecule has 0 bridgehead atoms. The lowest BCUT2D eigenvalue weighted by Gasteiger charge is -2.20. The Morgan fingerprint density at radius 3 is 2.84 bits per heavy atom. The van der Waals surface area contributed by atoms with Crippen molar-refractivity contribution < 1.29 is 28.9 Å². The third kappa shape index (κ3) is 8.46. The van der Waals surface area contributed by atoms with E-state index < -0.39 is 11.9 Å². The van der Waals surface area contributed by atoms with Crippen molar-refractivity contribution in [1.82, 2.24) is 0 Å². The monoisotopic (exact) mass is 434 g/mol. The fraction of sp³-hybridized carbons (Fsp3) is 0.560. The molecule has 1 aromatic carbocycles. The summed E-state index contributed by atoms with van der Waals surface area (Å²) >= 11 is 0. The van der Waals surface area contributed by atoms with Crippen LogP contribution in [0.25, 0.3) is 0 Å². The Balaban J connectivity index is 1.78. The predicted molar refractivity (Wildman–Crippen MR) is 118 cm³/mol. The zero-order valence-corrected chi connectivity index (χ0v) is 18.5. The summed E-state index contributed by atoms with van der Waals surface area (Å²) < 4.78 is 23.6. The largest absolute Gasteiger partial charge is 0.490 e. The molecule has 172 valence electrons. The van der Waals surface area contributed by atoms with Crippen LogP contribution in [0.1, 0.15) is 45.4 Å². The van der Waals surface area contributed by atoms with E-state index in [2.05, 4.69) is 17.7 Å². The van der Waals surface area contributed by atoms with Crippen molar-refractivity contribution in [3.8, 4) is 5.75 Å². The molecule has 0 spiro atoms. The highest BCUT2D eigenvalue weighted by Gasteiger charge is 2.37. The molecular weight excluding hydrogens is 399 g/mol. The molecular formula is C25H35FO5. The number of carbonyl (C=O) groups excluding carboxylic acids is 1. The lowest BCUT2D eigenvalue weighted by molar-refractivity contribution is -0.140. The van der Waals surface area contributed by atoms with Gasteiger partial charge >= 0.3 is 5.97 Å². The molecule has 0 saturated heterocycles. The van der Waals surface area contributed by atoms with Gasteiger partial charge < -0.3 is 19.7 Å². The highest BCUT2D eigenvalue weighted by molar-refractivity contribution is 5.69. The normalized spacial score (nSPS) is 24.7. The van der Waals surface area contributed by atoms with E-state index in [-0.39, 0.29) is 36.3 Å². The summed E-state index contributed by atoms with van der Waals surface area (Å²) in [7, 11) is 1.39. The standard InChI is InChI=1S/C25H35FO5/c1-18-17-23(28)21(9-5-3-4-6-12-25(29)30-2)20(18)14-13-19(27)15-16-31-24-11-8-7-10-22(24)26/h3,5,7-8,10-11,13-14,18-21,23,27-28H,4,6,9,12,15-17H2,1-2H3/b5-3-,14-13+/t18-,19-,20+,21-,23+/m1/s1. The van der Waals surface area contributed by atoms with Gasteiger partial charge in [-0.05, 0) is 55.6 Å². The van der Waals surface area contributed by atoms with Crippen molar-refractivity contribution in [3.05, 3.63) is 54.4 Å². The van der Waals surface area contributed by atoms with Crippen LogP contribution in [0.5, 0.6) is 5.75 Å². The van der Waals surface area contributed by atoms with Gasteiger partial charge in [0.25, 0.3) is 0 Å². The fourth-order valence-electron chi connectivity index (χ4n) is 4.08. The average Bonchev–Trinajstić information content (AvgIpc) is 3.02. The van der Waals surface area contributed by atoms with Crippen molar-refractivity contribution in [2.45, 2.75) is 57.7 Å². The Kier molecular flexibility index (Phi) is 10.7. The first kappa shape index (κ1) is 25.1. The molecule has 6 heteroatoms. The van der Waals surface area contributed by atoms with Gasteiger partial charge in [0.1, 0.15) is 0 Å². The zero-order valence-electron chi connectivity index (χ0n) is 18.5. The van der Waals surface area contributed by atoms with Gasteiger partial charge in [-0.1, -0.05) is 43.4 Å². The van der Waals surface area contributed by atoms with Gasteiger partial charge in [-0.25, -0.2) is 4.39 Å². The minimum atomic E-state index is -0.689. The molecule has 1 saturated carbocycles. The zero-order chi connectivity index (χ0) is 22.6. The second-order valence-electron chi connectivity index (χ2n) is 8.22. The maximum Gasteiger partial charge on any atom is 0.305 e. The Labute approximate surface area is 184 Å². The first-order chi connectivity index (χ1) is 14.9. The number of carbonyl (C=O) groups is 1. The molecule has 0 aliphatic heterocycles. The summed E-state index contributed by atoms with van der Waals surface area (Å²) in [5.41, 5.74) is 0. The van der Waals surface area contributed by atoms with E-state index in [1.165, 1.54) is 13.2 Å². The second kappa shape index (κ2) is 13.3. The van der Waals surface area contributed by atoms with Crippen molar-refractivity contribution >= 4 is 5.97 Å². The number of methoxy groups -OCH3 is 1. The van der Waals surface area contributed by atoms with Gasteiger partial charge in [0.05, 0.1) is 25.9 Å². The number of rotatable bonds is 12. The molecule has 1 aromatic rings. The van der Waals surface area contributed by atoms with Crippen LogP contribution in [0.2, 0.25) is 0 Å². The number of esters is 1. The van der Waals surface area contributed by atoms with E-state index in [0.717, 1.165) is 25.7 Å². The first-order valence-corrected chi connectivity index (χ1v) is 11.1. The number of aliphatic hydroxyl groups is 2. The average molecular weight is 435 g/mol. The summed E-state index contributed by atoms with van der Waals surface area (Å²) in [6.45, 7) is 2.33. The minimum absolute atomic E-state index is 0.102. The van der Waals surface area contributed by atoms with E-state index in [4.69, 9.17) is 4.74 Å². The maximum atomic E-state index is 13.6. The van der Waals surface area contributed by atoms with E-state index in [1.54, 1.807) is 24.3 Å². The van der Waals surface area contributed by atoms with Crippen molar-refractivity contribution in [2.24, 2.45) is 17.8 Å². The molecule has 0 amide bonds. The van der Waals surface area contributed by atoms with Crippen LogP contribution < -0.4 is 4.74 Å². The SMILES string of the molecule is COC(=O)CCC/C=C\C[C@@H]1[C@@H](/C=C/[C@@H](O)CCOc2ccccc2F)[C@H](C)C[C@@H]1O. The number of unbranched alkanes of at least 4 members (excludes halogenated alkanes) is 1. The molecule has 5 nitrogen and oxygen atoms in total. The van der Waals surface area contributed by atoms with Gasteiger partial charge in [0, 0.05) is 12.8 Å². The number of aliphatic hydroxyl groups excluding tert-OH is 2. The van der Waals surface area contributed by atoms with Crippen LogP contribution in [0, 0.1) is 23.6 Å². The first-order valence-electron chi connectivity index (χ1n) is 11.1. The molecule has 1 aliphatic carbocycles. The van der Waals surface area contributed by atoms with Crippen LogP contribution in [-0.4, -0.2) is 42.1 Å². The van der Waals surface area contributed by atoms with Crippen molar-refractivity contribution in [2.75, 3.05) is 13.7 Å². The maximum absolute atomic E-state index is 13.6. The number of hydrogen-bond acceptors (Lipinski definition) is 5. The summed E-state index contributed by atoms with van der Waals surface area (Å²) in [4.78, 5) is 11.1. The van der Waals surface area contributed by atoms with E-state index >= 15 is 0 Å².